The fourth-order valence-electron chi connectivity index (χ4n) is 2.84. The molecule has 1 fully saturated rings. The highest BCUT2D eigenvalue weighted by molar-refractivity contribution is 5.88. The van der Waals surface area contributed by atoms with E-state index in [9.17, 15) is 14.7 Å². The third kappa shape index (κ3) is 5.59. The molecule has 0 saturated carbocycles. The minimum atomic E-state index is -0.906. The van der Waals surface area contributed by atoms with Crippen molar-refractivity contribution in [1.29, 1.82) is 0 Å². The van der Waals surface area contributed by atoms with Gasteiger partial charge in [-0.3, -0.25) is 9.59 Å². The van der Waals surface area contributed by atoms with E-state index in [2.05, 4.69) is 19.2 Å². The van der Waals surface area contributed by atoms with Crippen LogP contribution in [0.15, 0.2) is 0 Å². The van der Waals surface area contributed by atoms with Gasteiger partial charge < -0.3 is 15.3 Å². The molecule has 2 amide bonds. The van der Waals surface area contributed by atoms with E-state index in [1.807, 2.05) is 13.8 Å². The van der Waals surface area contributed by atoms with Crippen LogP contribution in [0.4, 0.5) is 0 Å². The molecule has 128 valence electrons. The van der Waals surface area contributed by atoms with Crippen molar-refractivity contribution in [3.63, 3.8) is 0 Å². The number of hydrogen-bond acceptors (Lipinski definition) is 3. The average molecular weight is 312 g/mol. The molecule has 0 aromatic heterocycles. The lowest BCUT2D eigenvalue weighted by Crippen LogP contribution is -2.53. The minimum absolute atomic E-state index is 0.0559. The lowest BCUT2D eigenvalue weighted by Gasteiger charge is -2.31. The maximum Gasteiger partial charge on any atom is 0.243 e. The third-order valence-electron chi connectivity index (χ3n) is 4.25. The van der Waals surface area contributed by atoms with E-state index in [0.717, 1.165) is 12.8 Å². The zero-order chi connectivity index (χ0) is 16.9. The van der Waals surface area contributed by atoms with Gasteiger partial charge in [-0.15, -0.1) is 0 Å². The molecule has 0 aromatic carbocycles. The highest BCUT2D eigenvalue weighted by Gasteiger charge is 2.35. The lowest BCUT2D eigenvalue weighted by atomic mass is 9.94. The van der Waals surface area contributed by atoms with Crippen LogP contribution in [0.5, 0.6) is 0 Å². The Bertz CT molecular complexity index is 391. The van der Waals surface area contributed by atoms with Gasteiger partial charge in [0.15, 0.2) is 0 Å². The van der Waals surface area contributed by atoms with Gasteiger partial charge in [0.25, 0.3) is 0 Å². The third-order valence-corrected chi connectivity index (χ3v) is 4.25. The maximum atomic E-state index is 12.5. The van der Waals surface area contributed by atoms with Gasteiger partial charge >= 0.3 is 0 Å². The van der Waals surface area contributed by atoms with Crippen molar-refractivity contribution >= 4 is 11.8 Å². The molecule has 5 nitrogen and oxygen atoms in total. The molecule has 5 heteroatoms. The number of rotatable bonds is 8. The van der Waals surface area contributed by atoms with E-state index >= 15 is 0 Å². The van der Waals surface area contributed by atoms with E-state index in [1.54, 1.807) is 11.8 Å². The Kier molecular flexibility index (Phi) is 6.85. The van der Waals surface area contributed by atoms with Crippen molar-refractivity contribution in [2.75, 3.05) is 13.1 Å². The summed E-state index contributed by atoms with van der Waals surface area (Å²) in [6.45, 7) is 10.8. The summed E-state index contributed by atoms with van der Waals surface area (Å²) in [6, 6.07) is -0.434. The molecule has 2 atom stereocenters. The topological polar surface area (TPSA) is 69.6 Å². The second-order valence-corrected chi connectivity index (χ2v) is 7.53. The lowest BCUT2D eigenvalue weighted by molar-refractivity contribution is -0.139. The van der Waals surface area contributed by atoms with Gasteiger partial charge in [0.05, 0.1) is 5.60 Å². The first-order valence-corrected chi connectivity index (χ1v) is 8.43. The summed E-state index contributed by atoms with van der Waals surface area (Å²) in [5.41, 5.74) is -0.906. The summed E-state index contributed by atoms with van der Waals surface area (Å²) in [7, 11) is 0. The highest BCUT2D eigenvalue weighted by atomic mass is 16.3. The van der Waals surface area contributed by atoms with Gasteiger partial charge in [0, 0.05) is 19.5 Å². The molecule has 0 aliphatic carbocycles. The number of hydrogen-bond donors (Lipinski definition) is 2. The molecule has 1 aliphatic heterocycles. The van der Waals surface area contributed by atoms with Gasteiger partial charge in [-0.1, -0.05) is 27.7 Å². The van der Waals surface area contributed by atoms with Crippen LogP contribution in [0.3, 0.4) is 0 Å². The molecule has 2 unspecified atom stereocenters. The van der Waals surface area contributed by atoms with E-state index in [0.29, 0.717) is 25.3 Å². The van der Waals surface area contributed by atoms with Crippen molar-refractivity contribution in [1.82, 2.24) is 10.2 Å². The summed E-state index contributed by atoms with van der Waals surface area (Å²) in [5.74, 6) is 0.478. The van der Waals surface area contributed by atoms with Gasteiger partial charge in [-0.05, 0) is 38.0 Å². The summed E-state index contributed by atoms with van der Waals surface area (Å²) >= 11 is 0. The highest BCUT2D eigenvalue weighted by Crippen LogP contribution is 2.20. The molecule has 1 heterocycles. The Morgan fingerprint density at radius 2 is 2.00 bits per heavy atom. The van der Waals surface area contributed by atoms with E-state index < -0.39 is 11.6 Å². The number of nitrogens with one attached hydrogen (secondary N) is 1. The minimum Gasteiger partial charge on any atom is -0.388 e. The zero-order valence-corrected chi connectivity index (χ0v) is 14.7. The molecule has 0 spiro atoms. The second-order valence-electron chi connectivity index (χ2n) is 7.53. The number of aliphatic hydroxyl groups is 1. The zero-order valence-electron chi connectivity index (χ0n) is 14.7. The normalized spacial score (nSPS) is 19.6. The van der Waals surface area contributed by atoms with Gasteiger partial charge in [0.1, 0.15) is 6.04 Å². The van der Waals surface area contributed by atoms with Crippen LogP contribution in [0.2, 0.25) is 0 Å². The summed E-state index contributed by atoms with van der Waals surface area (Å²) in [4.78, 5) is 26.1. The molecule has 1 aliphatic rings. The standard InChI is InChI=1S/C17H32N2O3/c1-12(2)8-9-17(5,22)11-18-16(21)15(13(3)4)19-10-6-7-14(19)20/h12-13,15,22H,6-11H2,1-5H3,(H,18,21). The molecular weight excluding hydrogens is 280 g/mol. The van der Waals surface area contributed by atoms with Crippen molar-refractivity contribution in [2.45, 2.75) is 71.9 Å². The van der Waals surface area contributed by atoms with Crippen molar-refractivity contribution < 1.29 is 14.7 Å². The first-order chi connectivity index (χ1) is 10.1. The second kappa shape index (κ2) is 7.95. The maximum absolute atomic E-state index is 12.5. The predicted octanol–water partition coefficient (Wildman–Crippen LogP) is 1.94. The van der Waals surface area contributed by atoms with Gasteiger partial charge in [-0.25, -0.2) is 0 Å². The molecule has 22 heavy (non-hydrogen) atoms. The number of likely N-dealkylation sites (tertiary alicyclic amines) is 1. The number of nitrogens with zero attached hydrogens (tertiary/aromatic N) is 1. The molecule has 0 radical (unpaired) electrons. The van der Waals surface area contributed by atoms with Crippen LogP contribution in [-0.4, -0.2) is 46.6 Å². The van der Waals surface area contributed by atoms with E-state index in [1.165, 1.54) is 0 Å². The van der Waals surface area contributed by atoms with Gasteiger partial charge in [0.2, 0.25) is 11.8 Å². The summed E-state index contributed by atoms with van der Waals surface area (Å²) in [6.07, 6.45) is 2.92. The van der Waals surface area contributed by atoms with Crippen molar-refractivity contribution in [2.24, 2.45) is 11.8 Å². The van der Waals surface area contributed by atoms with Crippen LogP contribution < -0.4 is 5.32 Å². The SMILES string of the molecule is CC(C)CCC(C)(O)CNC(=O)C(C(C)C)N1CCCC1=O. The molecular formula is C17H32N2O3. The fourth-order valence-corrected chi connectivity index (χ4v) is 2.84. The Morgan fingerprint density at radius 1 is 1.36 bits per heavy atom. The summed E-state index contributed by atoms with van der Waals surface area (Å²) in [5, 5.41) is 13.2. The first-order valence-electron chi connectivity index (χ1n) is 8.43. The smallest absolute Gasteiger partial charge is 0.243 e. The van der Waals surface area contributed by atoms with Crippen LogP contribution in [-0.2, 0) is 9.59 Å². The molecule has 0 aromatic rings. The predicted molar refractivity (Wildman–Crippen MR) is 87.3 cm³/mol. The van der Waals surface area contributed by atoms with E-state index in [-0.39, 0.29) is 24.3 Å². The number of amides is 2. The van der Waals surface area contributed by atoms with Crippen LogP contribution in [0, 0.1) is 11.8 Å². The Labute approximate surface area is 134 Å². The van der Waals surface area contributed by atoms with Crippen molar-refractivity contribution in [3.8, 4) is 0 Å². The molecule has 1 saturated heterocycles. The quantitative estimate of drug-likeness (QED) is 0.719. The van der Waals surface area contributed by atoms with Gasteiger partial charge in [-0.2, -0.15) is 0 Å². The number of carbonyl (C=O) groups is 2. The molecule has 2 N–H and O–H groups in total. The average Bonchev–Trinajstić information content (AvgIpc) is 2.81. The Morgan fingerprint density at radius 3 is 2.45 bits per heavy atom. The summed E-state index contributed by atoms with van der Waals surface area (Å²) < 4.78 is 0. The Balaban J connectivity index is 2.59. The fraction of sp³-hybridized carbons (Fsp3) is 0.882. The Hall–Kier alpha value is -1.10. The molecule has 0 bridgehead atoms. The van der Waals surface area contributed by atoms with Crippen LogP contribution in [0.1, 0.15) is 60.3 Å². The largest absolute Gasteiger partial charge is 0.388 e. The number of carbonyl (C=O) groups excluding carboxylic acids is 2. The molecule has 1 rings (SSSR count). The monoisotopic (exact) mass is 312 g/mol. The van der Waals surface area contributed by atoms with Crippen LogP contribution >= 0.6 is 0 Å². The van der Waals surface area contributed by atoms with E-state index in [4.69, 9.17) is 0 Å². The first kappa shape index (κ1) is 18.9. The van der Waals surface area contributed by atoms with Crippen molar-refractivity contribution in [3.05, 3.63) is 0 Å². The van der Waals surface area contributed by atoms with Crippen LogP contribution in [0.25, 0.3) is 0 Å².